The molecule has 0 aliphatic heterocycles. The third kappa shape index (κ3) is 4.79. The number of nitrogens with zero attached hydrogens (tertiary/aromatic N) is 1. The Hall–Kier alpha value is -3.54. The Morgan fingerprint density at radius 3 is 2.55 bits per heavy atom. The molecule has 6 nitrogen and oxygen atoms in total. The fourth-order valence-corrected chi connectivity index (χ4v) is 4.07. The van der Waals surface area contributed by atoms with Crippen LogP contribution in [-0.2, 0) is 6.54 Å². The number of phenolic OH excluding ortho intramolecular Hbond substituents is 2. The minimum absolute atomic E-state index is 0.189. The van der Waals surface area contributed by atoms with E-state index in [4.69, 9.17) is 0 Å². The first-order valence-corrected chi connectivity index (χ1v) is 10.6. The van der Waals surface area contributed by atoms with Crippen LogP contribution < -0.4 is 5.56 Å². The summed E-state index contributed by atoms with van der Waals surface area (Å²) < 4.78 is 0. The van der Waals surface area contributed by atoms with E-state index >= 15 is 0 Å². The minimum atomic E-state index is -0.351. The van der Waals surface area contributed by atoms with Crippen molar-refractivity contribution in [2.45, 2.75) is 38.6 Å². The number of aromatic amines is 1. The summed E-state index contributed by atoms with van der Waals surface area (Å²) in [5.41, 5.74) is 1.76. The number of fused-ring (bicyclic) bond motifs is 1. The molecule has 4 N–H and O–H groups in total. The van der Waals surface area contributed by atoms with Gasteiger partial charge < -0.3 is 15.3 Å². The first kappa shape index (κ1) is 20.7. The molecule has 2 aromatic carbocycles. The van der Waals surface area contributed by atoms with E-state index in [0.29, 0.717) is 27.8 Å². The van der Waals surface area contributed by atoms with Crippen LogP contribution >= 0.6 is 0 Å². The minimum Gasteiger partial charge on any atom is -0.504 e. The lowest BCUT2D eigenvalue weighted by molar-refractivity contribution is 0.403. The average Bonchev–Trinajstić information content (AvgIpc) is 2.77. The maximum Gasteiger partial charge on any atom is 0.258 e. The van der Waals surface area contributed by atoms with Gasteiger partial charge in [0.2, 0.25) is 5.88 Å². The summed E-state index contributed by atoms with van der Waals surface area (Å²) in [5, 5.41) is 30.5. The van der Waals surface area contributed by atoms with Gasteiger partial charge in [0.25, 0.3) is 5.56 Å². The Morgan fingerprint density at radius 1 is 0.968 bits per heavy atom. The quantitative estimate of drug-likeness (QED) is 0.351. The van der Waals surface area contributed by atoms with Gasteiger partial charge in [-0.3, -0.25) is 14.8 Å². The number of aromatic hydroxyl groups is 3. The van der Waals surface area contributed by atoms with Gasteiger partial charge >= 0.3 is 0 Å². The van der Waals surface area contributed by atoms with E-state index in [9.17, 15) is 20.1 Å². The number of rotatable bonds is 5. The third-order valence-electron chi connectivity index (χ3n) is 5.81. The molecule has 0 atom stereocenters. The first-order valence-electron chi connectivity index (χ1n) is 10.6. The van der Waals surface area contributed by atoms with E-state index < -0.39 is 0 Å². The lowest BCUT2D eigenvalue weighted by Gasteiger charge is -2.17. The maximum absolute atomic E-state index is 12.3. The van der Waals surface area contributed by atoms with Gasteiger partial charge in [-0.2, -0.15) is 0 Å². The molecule has 1 saturated carbocycles. The number of hydrogen-bond acceptors (Lipinski definition) is 5. The molecule has 0 unspecified atom stereocenters. The first-order chi connectivity index (χ1) is 15.0. The van der Waals surface area contributed by atoms with Gasteiger partial charge in [0.05, 0.1) is 12.1 Å². The zero-order chi connectivity index (χ0) is 21.8. The van der Waals surface area contributed by atoms with Crippen molar-refractivity contribution in [3.05, 3.63) is 69.5 Å². The Balaban J connectivity index is 1.63. The summed E-state index contributed by atoms with van der Waals surface area (Å²) in [7, 11) is 0. The maximum atomic E-state index is 12.3. The highest BCUT2D eigenvalue weighted by Gasteiger charge is 2.12. The summed E-state index contributed by atoms with van der Waals surface area (Å²) in [6, 6.07) is 10.1. The molecule has 0 radical (unpaired) electrons. The fraction of sp³-hybridized carbons (Fsp3) is 0.280. The van der Waals surface area contributed by atoms with Crippen molar-refractivity contribution in [2.24, 2.45) is 10.9 Å². The second-order valence-corrected chi connectivity index (χ2v) is 8.07. The molecular formula is C25H26N2O4. The number of benzene rings is 2. The predicted octanol–water partition coefficient (Wildman–Crippen LogP) is 4.86. The number of pyridine rings is 1. The fourth-order valence-electron chi connectivity index (χ4n) is 4.07. The average molecular weight is 418 g/mol. The predicted molar refractivity (Wildman–Crippen MR) is 123 cm³/mol. The molecule has 160 valence electrons. The van der Waals surface area contributed by atoms with Gasteiger partial charge in [0.1, 0.15) is 0 Å². The molecule has 0 spiro atoms. The normalized spacial score (nSPS) is 15.4. The van der Waals surface area contributed by atoms with Gasteiger partial charge in [0.15, 0.2) is 11.5 Å². The van der Waals surface area contributed by atoms with Crippen LogP contribution in [0.15, 0.2) is 52.3 Å². The van der Waals surface area contributed by atoms with Crippen LogP contribution in [0.5, 0.6) is 17.4 Å². The van der Waals surface area contributed by atoms with Crippen LogP contribution in [0, 0.1) is 5.92 Å². The zero-order valence-corrected chi connectivity index (χ0v) is 17.2. The smallest absolute Gasteiger partial charge is 0.258 e. The van der Waals surface area contributed by atoms with Crippen LogP contribution in [-0.4, -0.2) is 26.5 Å². The summed E-state index contributed by atoms with van der Waals surface area (Å²) >= 11 is 0. The van der Waals surface area contributed by atoms with E-state index in [-0.39, 0.29) is 29.5 Å². The number of aromatic nitrogens is 1. The highest BCUT2D eigenvalue weighted by Crippen LogP contribution is 2.27. The van der Waals surface area contributed by atoms with Gasteiger partial charge in [-0.15, -0.1) is 0 Å². The lowest BCUT2D eigenvalue weighted by Crippen LogP contribution is -2.08. The van der Waals surface area contributed by atoms with Crippen LogP contribution in [0.3, 0.4) is 0 Å². The largest absolute Gasteiger partial charge is 0.504 e. The van der Waals surface area contributed by atoms with Crippen molar-refractivity contribution < 1.29 is 15.3 Å². The van der Waals surface area contributed by atoms with Crippen LogP contribution in [0.2, 0.25) is 0 Å². The van der Waals surface area contributed by atoms with Crippen molar-refractivity contribution in [2.75, 3.05) is 0 Å². The van der Waals surface area contributed by atoms with Gasteiger partial charge in [-0.05, 0) is 54.2 Å². The van der Waals surface area contributed by atoms with Crippen molar-refractivity contribution >= 4 is 23.1 Å². The summed E-state index contributed by atoms with van der Waals surface area (Å²) in [4.78, 5) is 19.1. The van der Waals surface area contributed by atoms with Crippen LogP contribution in [0.25, 0.3) is 16.8 Å². The SMILES string of the molecule is O=c1[nH]c(O)c(C=NCc2ccc(O)c(O)c2)c2cc(C=CC3CCCCC3)ccc12. The lowest BCUT2D eigenvalue weighted by atomic mass is 9.88. The number of H-pyrrole nitrogens is 1. The molecule has 3 aromatic rings. The number of hydrogen-bond donors (Lipinski definition) is 4. The monoisotopic (exact) mass is 418 g/mol. The van der Waals surface area contributed by atoms with Gasteiger partial charge in [0, 0.05) is 17.0 Å². The molecule has 4 rings (SSSR count). The second-order valence-electron chi connectivity index (χ2n) is 8.07. The van der Waals surface area contributed by atoms with E-state index in [0.717, 1.165) is 5.56 Å². The number of nitrogens with one attached hydrogen (secondary N) is 1. The molecule has 1 fully saturated rings. The third-order valence-corrected chi connectivity index (χ3v) is 5.81. The van der Waals surface area contributed by atoms with Crippen molar-refractivity contribution in [3.8, 4) is 17.4 Å². The molecular weight excluding hydrogens is 392 g/mol. The highest BCUT2D eigenvalue weighted by molar-refractivity contribution is 6.02. The van der Waals surface area contributed by atoms with E-state index in [2.05, 4.69) is 22.1 Å². The molecule has 1 aliphatic rings. The van der Waals surface area contributed by atoms with Crippen molar-refractivity contribution in [1.29, 1.82) is 0 Å². The number of phenols is 2. The van der Waals surface area contributed by atoms with E-state index in [1.165, 1.54) is 50.5 Å². The summed E-state index contributed by atoms with van der Waals surface area (Å²) in [6.07, 6.45) is 12.2. The molecule has 1 heterocycles. The second kappa shape index (κ2) is 9.08. The number of aliphatic imine (C=N–C) groups is 1. The van der Waals surface area contributed by atoms with Crippen molar-refractivity contribution in [3.63, 3.8) is 0 Å². The van der Waals surface area contributed by atoms with E-state index in [1.807, 2.05) is 12.1 Å². The van der Waals surface area contributed by atoms with Crippen LogP contribution in [0.1, 0.15) is 48.8 Å². The van der Waals surface area contributed by atoms with Crippen LogP contribution in [0.4, 0.5) is 0 Å². The number of allylic oxidation sites excluding steroid dienone is 1. The Kier molecular flexibility index (Phi) is 6.07. The zero-order valence-electron chi connectivity index (χ0n) is 17.2. The Bertz CT molecular complexity index is 1200. The molecule has 31 heavy (non-hydrogen) atoms. The molecule has 1 aromatic heterocycles. The summed E-state index contributed by atoms with van der Waals surface area (Å²) in [6.45, 7) is 0.245. The standard InChI is InChI=1S/C25H26N2O4/c28-22-11-9-18(13-23(22)29)14-26-15-21-20-12-17(7-6-16-4-2-1-3-5-16)8-10-19(20)24(30)27-25(21)31/h6-13,15-16,28-29H,1-5,14H2,(H2,27,30,31). The molecule has 0 amide bonds. The summed E-state index contributed by atoms with van der Waals surface area (Å²) in [5.74, 6) is -0.0340. The molecule has 1 aliphatic carbocycles. The molecule has 6 heteroatoms. The van der Waals surface area contributed by atoms with E-state index in [1.54, 1.807) is 12.1 Å². The van der Waals surface area contributed by atoms with Crippen molar-refractivity contribution in [1.82, 2.24) is 4.98 Å². The van der Waals surface area contributed by atoms with Gasteiger partial charge in [-0.25, -0.2) is 0 Å². The van der Waals surface area contributed by atoms with Gasteiger partial charge in [-0.1, -0.05) is 43.5 Å². The molecule has 0 saturated heterocycles. The topological polar surface area (TPSA) is 106 Å². The highest BCUT2D eigenvalue weighted by atomic mass is 16.3. The molecule has 0 bridgehead atoms. The Labute approximate surface area is 180 Å². The Morgan fingerprint density at radius 2 is 1.77 bits per heavy atom.